The van der Waals surface area contributed by atoms with Gasteiger partial charge in [-0.25, -0.2) is 0 Å². The first kappa shape index (κ1) is 15.4. The summed E-state index contributed by atoms with van der Waals surface area (Å²) in [5, 5.41) is 0. The van der Waals surface area contributed by atoms with Crippen LogP contribution in [0, 0.1) is 17.8 Å². The molecule has 0 amide bonds. The van der Waals surface area contributed by atoms with Crippen LogP contribution >= 0.6 is 0 Å². The van der Waals surface area contributed by atoms with Gasteiger partial charge in [-0.3, -0.25) is 0 Å². The highest BCUT2D eigenvalue weighted by Gasteiger charge is 2.31. The molecular weight excluding hydrogens is 248 g/mol. The van der Waals surface area contributed by atoms with Gasteiger partial charge in [-0.2, -0.15) is 0 Å². The minimum absolute atomic E-state index is 0.417. The lowest BCUT2D eigenvalue weighted by Gasteiger charge is -2.37. The SMILES string of the molecule is COc1ccc(CO[C@H]2C[C@@H](C)CC[C@@H]2C(C)C)cc1. The quantitative estimate of drug-likeness (QED) is 0.778. The monoisotopic (exact) mass is 276 g/mol. The molecule has 0 aromatic heterocycles. The van der Waals surface area contributed by atoms with Crippen molar-refractivity contribution in [1.29, 1.82) is 0 Å². The predicted molar refractivity (Wildman–Crippen MR) is 82.9 cm³/mol. The van der Waals surface area contributed by atoms with E-state index in [1.807, 2.05) is 12.1 Å². The van der Waals surface area contributed by atoms with Crippen molar-refractivity contribution in [3.8, 4) is 5.75 Å². The average molecular weight is 276 g/mol. The highest BCUT2D eigenvalue weighted by atomic mass is 16.5. The molecule has 0 spiro atoms. The molecule has 1 aliphatic carbocycles. The summed E-state index contributed by atoms with van der Waals surface area (Å²) in [6.07, 6.45) is 4.29. The summed E-state index contributed by atoms with van der Waals surface area (Å²) < 4.78 is 11.4. The van der Waals surface area contributed by atoms with E-state index in [9.17, 15) is 0 Å². The van der Waals surface area contributed by atoms with E-state index in [4.69, 9.17) is 9.47 Å². The first-order valence-corrected chi connectivity index (χ1v) is 7.84. The van der Waals surface area contributed by atoms with Gasteiger partial charge in [0.1, 0.15) is 5.75 Å². The molecule has 0 aliphatic heterocycles. The zero-order chi connectivity index (χ0) is 14.5. The summed E-state index contributed by atoms with van der Waals surface area (Å²) in [6.45, 7) is 7.71. The molecule has 0 bridgehead atoms. The van der Waals surface area contributed by atoms with Crippen molar-refractivity contribution < 1.29 is 9.47 Å². The van der Waals surface area contributed by atoms with E-state index < -0.39 is 0 Å². The van der Waals surface area contributed by atoms with Gasteiger partial charge in [0.05, 0.1) is 19.8 Å². The molecule has 1 aromatic carbocycles. The van der Waals surface area contributed by atoms with Crippen molar-refractivity contribution in [2.45, 2.75) is 52.7 Å². The fourth-order valence-electron chi connectivity index (χ4n) is 3.23. The van der Waals surface area contributed by atoms with Crippen LogP contribution in [-0.4, -0.2) is 13.2 Å². The molecule has 0 heterocycles. The van der Waals surface area contributed by atoms with Crippen LogP contribution in [0.3, 0.4) is 0 Å². The Morgan fingerprint density at radius 2 is 1.85 bits per heavy atom. The van der Waals surface area contributed by atoms with Gasteiger partial charge >= 0.3 is 0 Å². The molecule has 0 saturated heterocycles. The second-order valence-electron chi connectivity index (χ2n) is 6.52. The standard InChI is InChI=1S/C18H28O2/c1-13(2)17-10-5-14(3)11-18(17)20-12-15-6-8-16(19-4)9-7-15/h6-9,13-14,17-18H,5,10-12H2,1-4H3/t14-,17+,18-/m0/s1. The molecule has 1 saturated carbocycles. The zero-order valence-corrected chi connectivity index (χ0v) is 13.3. The predicted octanol–water partition coefficient (Wildman–Crippen LogP) is 4.67. The number of methoxy groups -OCH3 is 1. The Hall–Kier alpha value is -1.02. The number of ether oxygens (including phenoxy) is 2. The molecule has 3 atom stereocenters. The topological polar surface area (TPSA) is 18.5 Å². The first-order chi connectivity index (χ1) is 9.60. The normalized spacial score (nSPS) is 26.8. The highest BCUT2D eigenvalue weighted by Crippen LogP contribution is 2.35. The Labute approximate surface area is 123 Å². The third kappa shape index (κ3) is 3.99. The smallest absolute Gasteiger partial charge is 0.118 e. The second-order valence-corrected chi connectivity index (χ2v) is 6.52. The lowest BCUT2D eigenvalue weighted by Crippen LogP contribution is -2.34. The fourth-order valence-corrected chi connectivity index (χ4v) is 3.23. The zero-order valence-electron chi connectivity index (χ0n) is 13.3. The van der Waals surface area contributed by atoms with Crippen LogP contribution in [0.1, 0.15) is 45.6 Å². The van der Waals surface area contributed by atoms with Crippen LogP contribution in [-0.2, 0) is 11.3 Å². The minimum Gasteiger partial charge on any atom is -0.497 e. The second kappa shape index (κ2) is 7.12. The van der Waals surface area contributed by atoms with E-state index in [1.54, 1.807) is 7.11 Å². The van der Waals surface area contributed by atoms with Gasteiger partial charge in [0.25, 0.3) is 0 Å². The fraction of sp³-hybridized carbons (Fsp3) is 0.667. The Bertz CT molecular complexity index is 396. The lowest BCUT2D eigenvalue weighted by molar-refractivity contribution is -0.0472. The van der Waals surface area contributed by atoms with Crippen molar-refractivity contribution in [3.63, 3.8) is 0 Å². The molecule has 0 N–H and O–H groups in total. The number of rotatable bonds is 5. The number of hydrogen-bond donors (Lipinski definition) is 0. The molecule has 2 heteroatoms. The third-order valence-electron chi connectivity index (χ3n) is 4.58. The van der Waals surface area contributed by atoms with E-state index in [2.05, 4.69) is 32.9 Å². The molecule has 0 unspecified atom stereocenters. The van der Waals surface area contributed by atoms with Crippen LogP contribution in [0.15, 0.2) is 24.3 Å². The molecule has 112 valence electrons. The Morgan fingerprint density at radius 3 is 2.45 bits per heavy atom. The maximum atomic E-state index is 6.25. The minimum atomic E-state index is 0.417. The number of hydrogen-bond acceptors (Lipinski definition) is 2. The summed E-state index contributed by atoms with van der Waals surface area (Å²) in [6, 6.07) is 8.19. The van der Waals surface area contributed by atoms with Gasteiger partial charge < -0.3 is 9.47 Å². The van der Waals surface area contributed by atoms with Gasteiger partial charge in [0.15, 0.2) is 0 Å². The summed E-state index contributed by atoms with van der Waals surface area (Å²) in [4.78, 5) is 0. The van der Waals surface area contributed by atoms with Gasteiger partial charge in [0, 0.05) is 0 Å². The van der Waals surface area contributed by atoms with Crippen molar-refractivity contribution in [3.05, 3.63) is 29.8 Å². The highest BCUT2D eigenvalue weighted by molar-refractivity contribution is 5.26. The van der Waals surface area contributed by atoms with Crippen LogP contribution in [0.4, 0.5) is 0 Å². The van der Waals surface area contributed by atoms with Crippen LogP contribution < -0.4 is 4.74 Å². The van der Waals surface area contributed by atoms with Gasteiger partial charge in [-0.15, -0.1) is 0 Å². The van der Waals surface area contributed by atoms with Gasteiger partial charge in [-0.1, -0.05) is 39.3 Å². The van der Waals surface area contributed by atoms with E-state index in [0.717, 1.165) is 11.7 Å². The summed E-state index contributed by atoms with van der Waals surface area (Å²) in [7, 11) is 1.70. The molecule has 1 aliphatic rings. The average Bonchev–Trinajstić information content (AvgIpc) is 2.45. The maximum Gasteiger partial charge on any atom is 0.118 e. The van der Waals surface area contributed by atoms with Crippen LogP contribution in [0.25, 0.3) is 0 Å². The van der Waals surface area contributed by atoms with Crippen LogP contribution in [0.5, 0.6) is 5.75 Å². The van der Waals surface area contributed by atoms with E-state index >= 15 is 0 Å². The number of benzene rings is 1. The Kier molecular flexibility index (Phi) is 5.47. The molecule has 1 aromatic rings. The first-order valence-electron chi connectivity index (χ1n) is 7.84. The Morgan fingerprint density at radius 1 is 1.15 bits per heavy atom. The van der Waals surface area contributed by atoms with Gasteiger partial charge in [0.2, 0.25) is 0 Å². The molecule has 20 heavy (non-hydrogen) atoms. The maximum absolute atomic E-state index is 6.25. The Balaban J connectivity index is 1.92. The molecular formula is C18H28O2. The van der Waals surface area contributed by atoms with Crippen molar-refractivity contribution >= 4 is 0 Å². The van der Waals surface area contributed by atoms with E-state index in [-0.39, 0.29) is 0 Å². The third-order valence-corrected chi connectivity index (χ3v) is 4.58. The summed E-state index contributed by atoms with van der Waals surface area (Å²) in [5.41, 5.74) is 1.23. The van der Waals surface area contributed by atoms with Gasteiger partial charge in [-0.05, 0) is 48.3 Å². The molecule has 2 nitrogen and oxygen atoms in total. The van der Waals surface area contributed by atoms with E-state index in [1.165, 1.54) is 24.8 Å². The van der Waals surface area contributed by atoms with Crippen molar-refractivity contribution in [2.24, 2.45) is 17.8 Å². The van der Waals surface area contributed by atoms with Crippen molar-refractivity contribution in [2.75, 3.05) is 7.11 Å². The summed E-state index contributed by atoms with van der Waals surface area (Å²) >= 11 is 0. The largest absolute Gasteiger partial charge is 0.497 e. The summed E-state index contributed by atoms with van der Waals surface area (Å²) in [5.74, 6) is 3.12. The van der Waals surface area contributed by atoms with Crippen molar-refractivity contribution in [1.82, 2.24) is 0 Å². The van der Waals surface area contributed by atoms with Crippen LogP contribution in [0.2, 0.25) is 0 Å². The molecule has 0 radical (unpaired) electrons. The lowest BCUT2D eigenvalue weighted by atomic mass is 9.75. The molecule has 1 fully saturated rings. The molecule has 2 rings (SSSR count). The van der Waals surface area contributed by atoms with E-state index in [0.29, 0.717) is 24.5 Å².